The number of ether oxygens (including phenoxy) is 1. The molecule has 0 aromatic rings. The zero-order valence-corrected chi connectivity index (χ0v) is 16.9. The Balaban J connectivity index is 1.49. The van der Waals surface area contributed by atoms with Crippen LogP contribution in [0.15, 0.2) is 0 Å². The normalized spacial score (nSPS) is 29.6. The average molecular weight is 385 g/mol. The lowest BCUT2D eigenvalue weighted by Gasteiger charge is -2.33. The van der Waals surface area contributed by atoms with E-state index in [2.05, 4.69) is 10.2 Å². The Morgan fingerprint density at radius 3 is 2.04 bits per heavy atom. The van der Waals surface area contributed by atoms with Gasteiger partial charge >= 0.3 is 5.97 Å². The minimum Gasteiger partial charge on any atom is -0.461 e. The zero-order chi connectivity index (χ0) is 18.2. The van der Waals surface area contributed by atoms with Gasteiger partial charge in [-0.15, -0.1) is 0 Å². The molecule has 5 heteroatoms. The summed E-state index contributed by atoms with van der Waals surface area (Å²) in [5.74, 6) is 1.90. The third kappa shape index (κ3) is 6.10. The van der Waals surface area contributed by atoms with Crippen molar-refractivity contribution in [3.8, 4) is 0 Å². The molecular formula is C21H37ClN2O2. The molecule has 2 N–H and O–H groups in total. The fourth-order valence-electron chi connectivity index (χ4n) is 5.20. The van der Waals surface area contributed by atoms with E-state index in [0.717, 1.165) is 25.9 Å². The number of esters is 1. The second kappa shape index (κ2) is 10.9. The summed E-state index contributed by atoms with van der Waals surface area (Å²) < 4.78 is 5.89. The van der Waals surface area contributed by atoms with E-state index in [0.29, 0.717) is 17.8 Å². The summed E-state index contributed by atoms with van der Waals surface area (Å²) in [4.78, 5) is 15.7. The SMILES string of the molecule is O=C(OC1CCCC1)[C@@H](NCC1CCC(CNCl)CC1)C1CCCCC1. The zero-order valence-electron chi connectivity index (χ0n) is 16.2. The molecule has 0 radical (unpaired) electrons. The van der Waals surface area contributed by atoms with E-state index >= 15 is 0 Å². The largest absolute Gasteiger partial charge is 0.461 e. The van der Waals surface area contributed by atoms with Crippen molar-refractivity contribution in [2.45, 2.75) is 95.6 Å². The molecule has 0 aromatic carbocycles. The number of hydrogen-bond donors (Lipinski definition) is 2. The third-order valence-electron chi connectivity index (χ3n) is 6.92. The van der Waals surface area contributed by atoms with Crippen LogP contribution in [-0.2, 0) is 9.53 Å². The molecule has 0 aromatic heterocycles. The summed E-state index contributed by atoms with van der Waals surface area (Å²) in [7, 11) is 0. The fourth-order valence-corrected chi connectivity index (χ4v) is 5.41. The molecule has 0 aliphatic heterocycles. The fraction of sp³-hybridized carbons (Fsp3) is 0.952. The molecule has 3 aliphatic carbocycles. The molecule has 3 rings (SSSR count). The van der Waals surface area contributed by atoms with Crippen molar-refractivity contribution in [1.29, 1.82) is 0 Å². The van der Waals surface area contributed by atoms with Crippen LogP contribution in [-0.4, -0.2) is 31.2 Å². The van der Waals surface area contributed by atoms with Gasteiger partial charge in [-0.2, -0.15) is 0 Å². The molecule has 150 valence electrons. The van der Waals surface area contributed by atoms with E-state index in [9.17, 15) is 4.79 Å². The van der Waals surface area contributed by atoms with Crippen molar-refractivity contribution in [3.05, 3.63) is 0 Å². The van der Waals surface area contributed by atoms with Gasteiger partial charge in [0.25, 0.3) is 0 Å². The van der Waals surface area contributed by atoms with E-state index in [1.54, 1.807) is 0 Å². The number of carbonyl (C=O) groups excluding carboxylic acids is 1. The van der Waals surface area contributed by atoms with Crippen molar-refractivity contribution < 1.29 is 9.53 Å². The number of carbonyl (C=O) groups is 1. The number of halogens is 1. The van der Waals surface area contributed by atoms with Gasteiger partial charge in [-0.1, -0.05) is 19.3 Å². The Bertz CT molecular complexity index is 414. The molecule has 0 bridgehead atoms. The summed E-state index contributed by atoms with van der Waals surface area (Å²) >= 11 is 5.65. The van der Waals surface area contributed by atoms with Gasteiger partial charge in [0.05, 0.1) is 0 Å². The molecular weight excluding hydrogens is 348 g/mol. The molecule has 1 atom stereocenters. The highest BCUT2D eigenvalue weighted by Crippen LogP contribution is 2.31. The van der Waals surface area contributed by atoms with Crippen molar-refractivity contribution in [2.75, 3.05) is 13.1 Å². The Morgan fingerprint density at radius 2 is 1.42 bits per heavy atom. The van der Waals surface area contributed by atoms with Crippen molar-refractivity contribution in [3.63, 3.8) is 0 Å². The minimum atomic E-state index is -0.0851. The molecule has 0 spiro atoms. The van der Waals surface area contributed by atoms with E-state index in [4.69, 9.17) is 16.5 Å². The van der Waals surface area contributed by atoms with Crippen LogP contribution in [0.25, 0.3) is 0 Å². The van der Waals surface area contributed by atoms with Crippen LogP contribution in [0.3, 0.4) is 0 Å². The number of rotatable bonds is 8. The number of nitrogens with one attached hydrogen (secondary N) is 2. The Morgan fingerprint density at radius 1 is 0.846 bits per heavy atom. The average Bonchev–Trinajstić information content (AvgIpc) is 3.17. The van der Waals surface area contributed by atoms with Gasteiger partial charge in [0.15, 0.2) is 0 Å². The standard InChI is InChI=1S/C21H37ClN2O2/c22-24-15-17-12-10-16(11-13-17)14-23-20(18-6-2-1-3-7-18)21(25)26-19-8-4-5-9-19/h16-20,23-24H,1-15H2/t16?,17?,20-/m0/s1. The predicted octanol–water partition coefficient (Wildman–Crippen LogP) is 4.56. The summed E-state index contributed by atoms with van der Waals surface area (Å²) in [5, 5.41) is 3.66. The summed E-state index contributed by atoms with van der Waals surface area (Å²) in [6, 6.07) is -0.0851. The third-order valence-corrected chi connectivity index (χ3v) is 7.07. The van der Waals surface area contributed by atoms with Crippen molar-refractivity contribution in [1.82, 2.24) is 10.2 Å². The Kier molecular flexibility index (Phi) is 8.54. The minimum absolute atomic E-state index is 0.0313. The van der Waals surface area contributed by atoms with Crippen LogP contribution in [0.2, 0.25) is 0 Å². The highest BCUT2D eigenvalue weighted by atomic mass is 35.5. The maximum absolute atomic E-state index is 12.9. The van der Waals surface area contributed by atoms with Gasteiger partial charge in [0, 0.05) is 6.54 Å². The van der Waals surface area contributed by atoms with Gasteiger partial charge in [-0.05, 0) is 100 Å². The predicted molar refractivity (Wildman–Crippen MR) is 106 cm³/mol. The highest BCUT2D eigenvalue weighted by molar-refractivity contribution is 6.13. The second-order valence-corrected chi connectivity index (χ2v) is 9.12. The topological polar surface area (TPSA) is 50.4 Å². The van der Waals surface area contributed by atoms with Crippen molar-refractivity contribution in [2.24, 2.45) is 17.8 Å². The van der Waals surface area contributed by atoms with Crippen LogP contribution >= 0.6 is 11.8 Å². The van der Waals surface area contributed by atoms with Crippen LogP contribution in [0.1, 0.15) is 83.5 Å². The molecule has 3 fully saturated rings. The molecule has 0 amide bonds. The van der Waals surface area contributed by atoms with Crippen LogP contribution in [0.4, 0.5) is 0 Å². The molecule has 4 nitrogen and oxygen atoms in total. The van der Waals surface area contributed by atoms with E-state index in [1.165, 1.54) is 70.6 Å². The first-order chi connectivity index (χ1) is 12.8. The van der Waals surface area contributed by atoms with Crippen LogP contribution < -0.4 is 10.2 Å². The highest BCUT2D eigenvalue weighted by Gasteiger charge is 2.33. The maximum Gasteiger partial charge on any atom is 0.323 e. The lowest BCUT2D eigenvalue weighted by Crippen LogP contribution is -2.47. The summed E-state index contributed by atoms with van der Waals surface area (Å²) in [6.45, 7) is 1.88. The first-order valence-corrected chi connectivity index (χ1v) is 11.4. The monoisotopic (exact) mass is 384 g/mol. The van der Waals surface area contributed by atoms with E-state index in [1.807, 2.05) is 0 Å². The molecule has 0 saturated heterocycles. The first kappa shape index (κ1) is 20.4. The van der Waals surface area contributed by atoms with Gasteiger partial charge < -0.3 is 10.1 Å². The Hall–Kier alpha value is -0.320. The number of hydrogen-bond acceptors (Lipinski definition) is 4. The second-order valence-electron chi connectivity index (χ2n) is 8.85. The molecule has 26 heavy (non-hydrogen) atoms. The van der Waals surface area contributed by atoms with Crippen molar-refractivity contribution >= 4 is 17.7 Å². The summed E-state index contributed by atoms with van der Waals surface area (Å²) in [6.07, 6.45) is 15.9. The van der Waals surface area contributed by atoms with Gasteiger partial charge in [0.2, 0.25) is 0 Å². The van der Waals surface area contributed by atoms with Crippen LogP contribution in [0.5, 0.6) is 0 Å². The van der Waals surface area contributed by atoms with Crippen LogP contribution in [0, 0.1) is 17.8 Å². The molecule has 3 saturated carbocycles. The van der Waals surface area contributed by atoms with E-state index in [-0.39, 0.29) is 18.1 Å². The smallest absolute Gasteiger partial charge is 0.323 e. The van der Waals surface area contributed by atoms with Gasteiger partial charge in [-0.25, -0.2) is 4.84 Å². The quantitative estimate of drug-likeness (QED) is 0.475. The molecule has 0 unspecified atom stereocenters. The first-order valence-electron chi connectivity index (χ1n) is 11.0. The Labute approximate surface area is 164 Å². The lowest BCUT2D eigenvalue weighted by atomic mass is 9.81. The summed E-state index contributed by atoms with van der Waals surface area (Å²) in [5.41, 5.74) is 0. The molecule has 3 aliphatic rings. The van der Waals surface area contributed by atoms with Gasteiger partial charge in [-0.3, -0.25) is 4.79 Å². The maximum atomic E-state index is 12.9. The molecule has 0 heterocycles. The lowest BCUT2D eigenvalue weighted by molar-refractivity contribution is -0.153. The van der Waals surface area contributed by atoms with E-state index < -0.39 is 0 Å². The van der Waals surface area contributed by atoms with Gasteiger partial charge in [0.1, 0.15) is 12.1 Å².